The Kier molecular flexibility index (Phi) is 6.21. The van der Waals surface area contributed by atoms with Crippen LogP contribution in [0.4, 0.5) is 0 Å². The van der Waals surface area contributed by atoms with Crippen LogP contribution in [0.2, 0.25) is 0 Å². The van der Waals surface area contributed by atoms with Crippen molar-refractivity contribution < 1.29 is 19.0 Å². The highest BCUT2D eigenvalue weighted by molar-refractivity contribution is 5.74. The van der Waals surface area contributed by atoms with Crippen LogP contribution in [0.1, 0.15) is 25.0 Å². The maximum Gasteiger partial charge on any atom is 0.311 e. The Balaban J connectivity index is 1.70. The minimum atomic E-state index is -0.417. The van der Waals surface area contributed by atoms with E-state index in [9.17, 15) is 4.79 Å². The van der Waals surface area contributed by atoms with Crippen molar-refractivity contribution in [2.45, 2.75) is 32.8 Å². The molecule has 1 fully saturated rings. The second-order valence-electron chi connectivity index (χ2n) is 6.45. The average Bonchev–Trinajstić information content (AvgIpc) is 2.68. The molecule has 0 bridgehead atoms. The molecule has 1 aliphatic rings. The summed E-state index contributed by atoms with van der Waals surface area (Å²) in [5.74, 6) is -0.688. The SMILES string of the molecule is CC1OC/C(=C\c2ccccc2)[C@H]([C@@H](C)C(=O)OCc2ccccc2)O1. The molecule has 1 saturated heterocycles. The molecule has 1 unspecified atom stereocenters. The minimum absolute atomic E-state index is 0.264. The van der Waals surface area contributed by atoms with E-state index in [0.29, 0.717) is 6.61 Å². The molecule has 2 aromatic carbocycles. The zero-order valence-corrected chi connectivity index (χ0v) is 15.1. The molecule has 26 heavy (non-hydrogen) atoms. The first-order valence-corrected chi connectivity index (χ1v) is 8.86. The van der Waals surface area contributed by atoms with Crippen molar-refractivity contribution >= 4 is 12.0 Å². The van der Waals surface area contributed by atoms with Crippen LogP contribution >= 0.6 is 0 Å². The smallest absolute Gasteiger partial charge is 0.311 e. The first-order chi connectivity index (χ1) is 12.6. The van der Waals surface area contributed by atoms with Gasteiger partial charge >= 0.3 is 5.97 Å². The lowest BCUT2D eigenvalue weighted by Gasteiger charge is -2.33. The first kappa shape index (κ1) is 18.4. The molecule has 1 aliphatic heterocycles. The van der Waals surface area contributed by atoms with Crippen LogP contribution in [0.25, 0.3) is 6.08 Å². The van der Waals surface area contributed by atoms with Gasteiger partial charge in [-0.2, -0.15) is 0 Å². The summed E-state index contributed by atoms with van der Waals surface area (Å²) >= 11 is 0. The highest BCUT2D eigenvalue weighted by Gasteiger charge is 2.34. The summed E-state index contributed by atoms with van der Waals surface area (Å²) in [5, 5.41) is 0. The summed E-state index contributed by atoms with van der Waals surface area (Å²) < 4.78 is 17.0. The van der Waals surface area contributed by atoms with E-state index in [1.165, 1.54) is 0 Å². The van der Waals surface area contributed by atoms with E-state index in [2.05, 4.69) is 0 Å². The van der Waals surface area contributed by atoms with Crippen LogP contribution in [-0.4, -0.2) is 25.0 Å². The van der Waals surface area contributed by atoms with Gasteiger partial charge in [0.2, 0.25) is 0 Å². The molecular weight excluding hydrogens is 328 g/mol. The summed E-state index contributed by atoms with van der Waals surface area (Å²) in [6.45, 7) is 4.39. The van der Waals surface area contributed by atoms with Gasteiger partial charge in [0.15, 0.2) is 6.29 Å². The van der Waals surface area contributed by atoms with Gasteiger partial charge in [-0.1, -0.05) is 66.7 Å². The molecule has 2 aromatic rings. The van der Waals surface area contributed by atoms with E-state index >= 15 is 0 Å². The second kappa shape index (κ2) is 8.79. The van der Waals surface area contributed by atoms with Gasteiger partial charge in [-0.3, -0.25) is 4.79 Å². The number of benzene rings is 2. The number of carbonyl (C=O) groups excluding carboxylic acids is 1. The number of hydrogen-bond donors (Lipinski definition) is 0. The van der Waals surface area contributed by atoms with Crippen molar-refractivity contribution in [3.05, 3.63) is 77.4 Å². The zero-order valence-electron chi connectivity index (χ0n) is 15.1. The number of ether oxygens (including phenoxy) is 3. The molecule has 3 rings (SSSR count). The molecule has 0 aromatic heterocycles. The summed E-state index contributed by atoms with van der Waals surface area (Å²) in [4.78, 5) is 12.6. The van der Waals surface area contributed by atoms with Crippen LogP contribution < -0.4 is 0 Å². The topological polar surface area (TPSA) is 44.8 Å². The van der Waals surface area contributed by atoms with Crippen molar-refractivity contribution in [3.8, 4) is 0 Å². The van der Waals surface area contributed by atoms with Gasteiger partial charge in [0.1, 0.15) is 6.61 Å². The van der Waals surface area contributed by atoms with E-state index in [1.807, 2.05) is 80.6 Å². The van der Waals surface area contributed by atoms with Crippen LogP contribution in [0.5, 0.6) is 0 Å². The predicted octanol–water partition coefficient (Wildman–Crippen LogP) is 4.21. The molecule has 0 radical (unpaired) electrons. The Bertz CT molecular complexity index is 739. The molecule has 4 heteroatoms. The normalized spacial score (nSPS) is 22.8. The van der Waals surface area contributed by atoms with Crippen molar-refractivity contribution in [1.29, 1.82) is 0 Å². The maximum absolute atomic E-state index is 12.6. The molecule has 0 amide bonds. The van der Waals surface area contributed by atoms with Gasteiger partial charge in [-0.25, -0.2) is 0 Å². The fourth-order valence-corrected chi connectivity index (χ4v) is 2.94. The summed E-state index contributed by atoms with van der Waals surface area (Å²) in [7, 11) is 0. The molecule has 0 saturated carbocycles. The van der Waals surface area contributed by atoms with Crippen LogP contribution in [0.15, 0.2) is 66.2 Å². The molecule has 3 atom stereocenters. The lowest BCUT2D eigenvalue weighted by Crippen LogP contribution is -2.40. The van der Waals surface area contributed by atoms with Crippen LogP contribution in [0.3, 0.4) is 0 Å². The monoisotopic (exact) mass is 352 g/mol. The number of hydrogen-bond acceptors (Lipinski definition) is 4. The molecule has 4 nitrogen and oxygen atoms in total. The Hall–Kier alpha value is -2.43. The van der Waals surface area contributed by atoms with Crippen molar-refractivity contribution in [2.24, 2.45) is 5.92 Å². The first-order valence-electron chi connectivity index (χ1n) is 8.86. The van der Waals surface area contributed by atoms with Gasteiger partial charge in [-0.15, -0.1) is 0 Å². The molecule has 1 heterocycles. The van der Waals surface area contributed by atoms with Gasteiger partial charge < -0.3 is 14.2 Å². The van der Waals surface area contributed by atoms with E-state index in [4.69, 9.17) is 14.2 Å². The highest BCUT2D eigenvalue weighted by atomic mass is 16.7. The fourth-order valence-electron chi connectivity index (χ4n) is 2.94. The maximum atomic E-state index is 12.6. The largest absolute Gasteiger partial charge is 0.461 e. The van der Waals surface area contributed by atoms with E-state index in [0.717, 1.165) is 16.7 Å². The Morgan fingerprint density at radius 3 is 2.50 bits per heavy atom. The second-order valence-corrected chi connectivity index (χ2v) is 6.45. The van der Waals surface area contributed by atoms with Crippen LogP contribution in [-0.2, 0) is 25.6 Å². The van der Waals surface area contributed by atoms with Gasteiger partial charge in [0, 0.05) is 0 Å². The van der Waals surface area contributed by atoms with Crippen molar-refractivity contribution in [3.63, 3.8) is 0 Å². The van der Waals surface area contributed by atoms with Gasteiger partial charge in [0.25, 0.3) is 0 Å². The summed E-state index contributed by atoms with van der Waals surface area (Å²) in [6.07, 6.45) is 1.32. The molecular formula is C22H24O4. The van der Waals surface area contributed by atoms with Crippen molar-refractivity contribution in [1.82, 2.24) is 0 Å². The number of carbonyl (C=O) groups is 1. The highest BCUT2D eigenvalue weighted by Crippen LogP contribution is 2.27. The van der Waals surface area contributed by atoms with Crippen molar-refractivity contribution in [2.75, 3.05) is 6.61 Å². The van der Waals surface area contributed by atoms with Crippen LogP contribution in [0, 0.1) is 5.92 Å². The standard InChI is InChI=1S/C22H24O4/c1-16(22(23)25-14-19-11-7-4-8-12-19)21-20(15-24-17(2)26-21)13-18-9-5-3-6-10-18/h3-13,16-17,21H,14-15H2,1-2H3/b20-13+/t16-,17?,21+/m1/s1. The van der Waals surface area contributed by atoms with E-state index in [1.54, 1.807) is 0 Å². The predicted molar refractivity (Wildman–Crippen MR) is 100 cm³/mol. The summed E-state index contributed by atoms with van der Waals surface area (Å²) in [6, 6.07) is 19.6. The Morgan fingerprint density at radius 1 is 1.15 bits per heavy atom. The lowest BCUT2D eigenvalue weighted by atomic mass is 9.95. The third kappa shape index (κ3) is 4.81. The van der Waals surface area contributed by atoms with E-state index in [-0.39, 0.29) is 25.0 Å². The fraction of sp³-hybridized carbons (Fsp3) is 0.318. The third-order valence-electron chi connectivity index (χ3n) is 4.39. The third-order valence-corrected chi connectivity index (χ3v) is 4.39. The number of esters is 1. The van der Waals surface area contributed by atoms with Gasteiger partial charge in [-0.05, 0) is 30.5 Å². The molecule has 0 N–H and O–H groups in total. The average molecular weight is 352 g/mol. The zero-order chi connectivity index (χ0) is 18.4. The van der Waals surface area contributed by atoms with E-state index < -0.39 is 5.92 Å². The van der Waals surface area contributed by atoms with Gasteiger partial charge in [0.05, 0.1) is 18.6 Å². The lowest BCUT2D eigenvalue weighted by molar-refractivity contribution is -0.194. The Morgan fingerprint density at radius 2 is 1.81 bits per heavy atom. The molecule has 0 spiro atoms. The quantitative estimate of drug-likeness (QED) is 0.756. The minimum Gasteiger partial charge on any atom is -0.461 e. The summed E-state index contributed by atoms with van der Waals surface area (Å²) in [5.41, 5.74) is 2.96. The molecule has 136 valence electrons. The number of rotatable bonds is 5. The molecule has 0 aliphatic carbocycles. The Labute approximate surface area is 154 Å².